The van der Waals surface area contributed by atoms with Crippen LogP contribution in [-0.2, 0) is 4.79 Å². The van der Waals surface area contributed by atoms with Crippen LogP contribution in [0, 0.1) is 5.92 Å². The standard InChI is InChI=1S/C13H26N2O3/c1-4-6-9-15(5-2)13(18)14-10-11(3)7-8-12(16)17/h11H,4-10H2,1-3H3,(H,14,18)(H,16,17). The summed E-state index contributed by atoms with van der Waals surface area (Å²) < 4.78 is 0. The summed E-state index contributed by atoms with van der Waals surface area (Å²) in [5, 5.41) is 11.4. The maximum absolute atomic E-state index is 11.8. The Kier molecular flexibility index (Phi) is 9.06. The lowest BCUT2D eigenvalue weighted by Crippen LogP contribution is -2.42. The van der Waals surface area contributed by atoms with Gasteiger partial charge in [0.25, 0.3) is 0 Å². The Morgan fingerprint density at radius 2 is 2.00 bits per heavy atom. The van der Waals surface area contributed by atoms with Crippen LogP contribution in [0.25, 0.3) is 0 Å². The Labute approximate surface area is 110 Å². The predicted octanol–water partition coefficient (Wildman–Crippen LogP) is 2.32. The maximum atomic E-state index is 11.8. The third-order valence-electron chi connectivity index (χ3n) is 2.90. The molecule has 0 fully saturated rings. The Morgan fingerprint density at radius 1 is 1.33 bits per heavy atom. The average Bonchev–Trinajstić information content (AvgIpc) is 2.34. The normalized spacial score (nSPS) is 11.9. The van der Waals surface area contributed by atoms with Crippen molar-refractivity contribution in [2.24, 2.45) is 5.92 Å². The molecule has 2 amide bonds. The van der Waals surface area contributed by atoms with E-state index in [9.17, 15) is 9.59 Å². The van der Waals surface area contributed by atoms with Crippen LogP contribution in [0.5, 0.6) is 0 Å². The number of rotatable bonds is 9. The van der Waals surface area contributed by atoms with Crippen LogP contribution in [0.3, 0.4) is 0 Å². The van der Waals surface area contributed by atoms with Crippen molar-refractivity contribution in [1.82, 2.24) is 10.2 Å². The summed E-state index contributed by atoms with van der Waals surface area (Å²) >= 11 is 0. The van der Waals surface area contributed by atoms with E-state index >= 15 is 0 Å². The van der Waals surface area contributed by atoms with Crippen LogP contribution in [0.2, 0.25) is 0 Å². The minimum Gasteiger partial charge on any atom is -0.481 e. The van der Waals surface area contributed by atoms with Gasteiger partial charge in [-0.25, -0.2) is 4.79 Å². The van der Waals surface area contributed by atoms with Crippen molar-refractivity contribution < 1.29 is 14.7 Å². The third kappa shape index (κ3) is 7.92. The molecule has 5 heteroatoms. The van der Waals surface area contributed by atoms with Crippen molar-refractivity contribution >= 4 is 12.0 Å². The van der Waals surface area contributed by atoms with Crippen molar-refractivity contribution in [1.29, 1.82) is 0 Å². The summed E-state index contributed by atoms with van der Waals surface area (Å²) in [7, 11) is 0. The number of amides is 2. The summed E-state index contributed by atoms with van der Waals surface area (Å²) in [4.78, 5) is 24.0. The third-order valence-corrected chi connectivity index (χ3v) is 2.90. The summed E-state index contributed by atoms with van der Waals surface area (Å²) in [6.07, 6.45) is 2.83. The molecule has 0 spiro atoms. The first-order valence-electron chi connectivity index (χ1n) is 6.75. The van der Waals surface area contributed by atoms with Gasteiger partial charge in [0.1, 0.15) is 0 Å². The van der Waals surface area contributed by atoms with Gasteiger partial charge in [-0.1, -0.05) is 20.3 Å². The van der Waals surface area contributed by atoms with Crippen molar-refractivity contribution in [2.75, 3.05) is 19.6 Å². The molecule has 5 nitrogen and oxygen atoms in total. The second kappa shape index (κ2) is 9.74. The molecule has 0 aliphatic rings. The number of carbonyl (C=O) groups excluding carboxylic acids is 1. The lowest BCUT2D eigenvalue weighted by molar-refractivity contribution is -0.137. The van der Waals surface area contributed by atoms with Crippen LogP contribution in [-0.4, -0.2) is 41.6 Å². The number of carbonyl (C=O) groups is 2. The number of carboxylic acids is 1. The highest BCUT2D eigenvalue weighted by atomic mass is 16.4. The molecule has 18 heavy (non-hydrogen) atoms. The molecule has 0 heterocycles. The molecule has 0 saturated carbocycles. The second-order valence-electron chi connectivity index (χ2n) is 4.66. The van der Waals surface area contributed by atoms with E-state index < -0.39 is 5.97 Å². The molecule has 0 aliphatic heterocycles. The molecule has 1 unspecified atom stereocenters. The average molecular weight is 258 g/mol. The summed E-state index contributed by atoms with van der Waals surface area (Å²) in [5.74, 6) is -0.596. The SMILES string of the molecule is CCCCN(CC)C(=O)NCC(C)CCC(=O)O. The van der Waals surface area contributed by atoms with Crippen LogP contribution in [0.15, 0.2) is 0 Å². The van der Waals surface area contributed by atoms with Crippen molar-refractivity contribution in [3.8, 4) is 0 Å². The number of hydrogen-bond donors (Lipinski definition) is 2. The topological polar surface area (TPSA) is 69.6 Å². The molecule has 2 N–H and O–H groups in total. The molecule has 0 saturated heterocycles. The van der Waals surface area contributed by atoms with Crippen LogP contribution in [0.4, 0.5) is 4.79 Å². The molecule has 1 atom stereocenters. The Bertz CT molecular complexity index is 257. The van der Waals surface area contributed by atoms with Crippen LogP contribution >= 0.6 is 0 Å². The van der Waals surface area contributed by atoms with Gasteiger partial charge in [0.15, 0.2) is 0 Å². The van der Waals surface area contributed by atoms with Gasteiger partial charge in [0.2, 0.25) is 0 Å². The zero-order valence-electron chi connectivity index (χ0n) is 11.7. The predicted molar refractivity (Wildman–Crippen MR) is 71.6 cm³/mol. The van der Waals surface area contributed by atoms with Crippen molar-refractivity contribution in [2.45, 2.75) is 46.5 Å². The zero-order valence-corrected chi connectivity index (χ0v) is 11.7. The van der Waals surface area contributed by atoms with Gasteiger partial charge in [-0.3, -0.25) is 4.79 Å². The second-order valence-corrected chi connectivity index (χ2v) is 4.66. The first-order valence-corrected chi connectivity index (χ1v) is 6.75. The summed E-state index contributed by atoms with van der Waals surface area (Å²) in [6.45, 7) is 8.03. The van der Waals surface area contributed by atoms with E-state index in [0.29, 0.717) is 19.5 Å². The fourth-order valence-corrected chi connectivity index (χ4v) is 1.60. The molecular formula is C13H26N2O3. The van der Waals surface area contributed by atoms with Gasteiger partial charge in [-0.05, 0) is 25.7 Å². The minimum absolute atomic E-state index is 0.0480. The lowest BCUT2D eigenvalue weighted by atomic mass is 10.1. The van der Waals surface area contributed by atoms with Gasteiger partial charge in [-0.15, -0.1) is 0 Å². The monoisotopic (exact) mass is 258 g/mol. The zero-order chi connectivity index (χ0) is 14.0. The number of aliphatic carboxylic acids is 1. The van der Waals surface area contributed by atoms with Crippen molar-refractivity contribution in [3.63, 3.8) is 0 Å². The highest BCUT2D eigenvalue weighted by Crippen LogP contribution is 2.04. The van der Waals surface area contributed by atoms with Crippen LogP contribution in [0.1, 0.15) is 46.5 Å². The fourth-order valence-electron chi connectivity index (χ4n) is 1.60. The van der Waals surface area contributed by atoms with E-state index in [-0.39, 0.29) is 18.4 Å². The van der Waals surface area contributed by atoms with Crippen LogP contribution < -0.4 is 5.32 Å². The molecule has 0 aromatic heterocycles. The minimum atomic E-state index is -0.786. The molecule has 0 bridgehead atoms. The number of nitrogens with one attached hydrogen (secondary N) is 1. The fraction of sp³-hybridized carbons (Fsp3) is 0.846. The molecule has 0 radical (unpaired) electrons. The smallest absolute Gasteiger partial charge is 0.317 e. The van der Waals surface area contributed by atoms with Gasteiger partial charge in [-0.2, -0.15) is 0 Å². The van der Waals surface area contributed by atoms with E-state index in [2.05, 4.69) is 12.2 Å². The lowest BCUT2D eigenvalue weighted by Gasteiger charge is -2.22. The highest BCUT2D eigenvalue weighted by Gasteiger charge is 2.12. The number of hydrogen-bond acceptors (Lipinski definition) is 2. The van der Waals surface area contributed by atoms with Gasteiger partial charge in [0, 0.05) is 26.1 Å². The molecule has 0 aromatic carbocycles. The quantitative estimate of drug-likeness (QED) is 0.667. The maximum Gasteiger partial charge on any atom is 0.317 e. The van der Waals surface area contributed by atoms with E-state index in [1.54, 1.807) is 4.90 Å². The summed E-state index contributed by atoms with van der Waals surface area (Å²) in [6, 6.07) is -0.0480. The largest absolute Gasteiger partial charge is 0.481 e. The molecule has 0 rings (SSSR count). The molecule has 0 aromatic rings. The first kappa shape index (κ1) is 16.7. The van der Waals surface area contributed by atoms with E-state index in [0.717, 1.165) is 19.4 Å². The number of carboxylic acid groups (broad SMARTS) is 1. The Balaban J connectivity index is 3.88. The highest BCUT2D eigenvalue weighted by molar-refractivity contribution is 5.74. The van der Waals surface area contributed by atoms with Gasteiger partial charge in [0.05, 0.1) is 0 Å². The Hall–Kier alpha value is -1.26. The molecular weight excluding hydrogens is 232 g/mol. The Morgan fingerprint density at radius 3 is 2.50 bits per heavy atom. The van der Waals surface area contributed by atoms with Gasteiger partial charge >= 0.3 is 12.0 Å². The van der Waals surface area contributed by atoms with Crippen molar-refractivity contribution in [3.05, 3.63) is 0 Å². The van der Waals surface area contributed by atoms with E-state index in [1.807, 2.05) is 13.8 Å². The summed E-state index contributed by atoms with van der Waals surface area (Å²) in [5.41, 5.74) is 0. The number of nitrogens with zero attached hydrogens (tertiary/aromatic N) is 1. The van der Waals surface area contributed by atoms with Gasteiger partial charge < -0.3 is 15.3 Å². The molecule has 0 aliphatic carbocycles. The van der Waals surface area contributed by atoms with E-state index in [1.165, 1.54) is 0 Å². The molecule has 106 valence electrons. The first-order chi connectivity index (χ1) is 8.51. The number of unbranched alkanes of at least 4 members (excludes halogenated alkanes) is 1. The number of urea groups is 1. The van der Waals surface area contributed by atoms with E-state index in [4.69, 9.17) is 5.11 Å².